The van der Waals surface area contributed by atoms with Gasteiger partial charge < -0.3 is 40.3 Å². The second-order valence-corrected chi connectivity index (χ2v) is 20.1. The highest BCUT2D eigenvalue weighted by molar-refractivity contribution is 5.76. The van der Waals surface area contributed by atoms with Gasteiger partial charge >= 0.3 is 0 Å². The van der Waals surface area contributed by atoms with Gasteiger partial charge in [0.05, 0.1) is 25.4 Å². The van der Waals surface area contributed by atoms with Gasteiger partial charge in [0.1, 0.15) is 24.4 Å². The first-order valence-corrected chi connectivity index (χ1v) is 29.8. The molecule has 0 radical (unpaired) electrons. The van der Waals surface area contributed by atoms with Crippen molar-refractivity contribution in [3.63, 3.8) is 0 Å². The number of rotatable bonds is 49. The number of amides is 1. The van der Waals surface area contributed by atoms with E-state index in [9.17, 15) is 30.3 Å². The number of nitrogens with one attached hydrogen (secondary N) is 1. The van der Waals surface area contributed by atoms with Crippen molar-refractivity contribution in [2.75, 3.05) is 13.2 Å². The smallest absolute Gasteiger partial charge is 0.220 e. The highest BCUT2D eigenvalue weighted by Gasteiger charge is 2.44. The maximum atomic E-state index is 13.1. The Balaban J connectivity index is 2.21. The lowest BCUT2D eigenvalue weighted by atomic mass is 9.99. The van der Waals surface area contributed by atoms with E-state index in [0.29, 0.717) is 6.42 Å². The van der Waals surface area contributed by atoms with Gasteiger partial charge in [-0.2, -0.15) is 0 Å². The van der Waals surface area contributed by atoms with Gasteiger partial charge in [0.15, 0.2) is 6.29 Å². The van der Waals surface area contributed by atoms with Gasteiger partial charge in [0.25, 0.3) is 0 Å². The molecule has 1 aliphatic rings. The van der Waals surface area contributed by atoms with Gasteiger partial charge in [-0.05, 0) is 89.9 Å². The van der Waals surface area contributed by atoms with Gasteiger partial charge in [0.2, 0.25) is 5.91 Å². The van der Waals surface area contributed by atoms with Crippen LogP contribution in [0.4, 0.5) is 0 Å². The first-order valence-electron chi connectivity index (χ1n) is 29.8. The molecule has 0 aliphatic carbocycles. The lowest BCUT2D eigenvalue weighted by Gasteiger charge is -2.40. The number of allylic oxidation sites excluding steroid dienone is 19. The molecule has 0 aromatic carbocycles. The van der Waals surface area contributed by atoms with E-state index in [1.54, 1.807) is 6.08 Å². The summed E-state index contributed by atoms with van der Waals surface area (Å²) in [6.07, 6.45) is 72.6. The molecule has 6 N–H and O–H groups in total. The maximum Gasteiger partial charge on any atom is 0.220 e. The number of carbonyl (C=O) groups is 1. The Bertz CT molecular complexity index is 1570. The number of aliphatic hydroxyl groups is 5. The van der Waals surface area contributed by atoms with E-state index in [0.717, 1.165) is 109 Å². The number of hydrogen-bond acceptors (Lipinski definition) is 8. The molecule has 0 aromatic rings. The third-order valence-electron chi connectivity index (χ3n) is 13.3. The molecule has 9 nitrogen and oxygen atoms in total. The predicted molar refractivity (Wildman–Crippen MR) is 313 cm³/mol. The SMILES string of the molecule is CC/C=C\C/C=C\C/C=C\C/C=C\C/C=C\C/C=C\C/C=C\C/C=C\C/C=C\CCCCCCCCCC(=O)NC(COC1OC(CO)C(O)C(O)C1O)C(O)/C=C/CCCCCCCCCCCCCCCC. The number of hydrogen-bond donors (Lipinski definition) is 6. The van der Waals surface area contributed by atoms with Crippen molar-refractivity contribution in [2.45, 2.75) is 269 Å². The zero-order chi connectivity index (χ0) is 53.6. The second kappa shape index (κ2) is 53.0. The van der Waals surface area contributed by atoms with Crippen LogP contribution in [0.1, 0.15) is 226 Å². The van der Waals surface area contributed by atoms with Gasteiger partial charge in [-0.15, -0.1) is 0 Å². The molecule has 1 fully saturated rings. The topological polar surface area (TPSA) is 149 Å². The van der Waals surface area contributed by atoms with Crippen LogP contribution >= 0.6 is 0 Å². The van der Waals surface area contributed by atoms with E-state index in [-0.39, 0.29) is 12.5 Å². The summed E-state index contributed by atoms with van der Waals surface area (Å²) >= 11 is 0. The van der Waals surface area contributed by atoms with Crippen LogP contribution in [0.3, 0.4) is 0 Å². The summed E-state index contributed by atoms with van der Waals surface area (Å²) in [6, 6.07) is -0.820. The molecule has 74 heavy (non-hydrogen) atoms. The fraction of sp³-hybridized carbons (Fsp3) is 0.677. The number of ether oxygens (including phenoxy) is 2. The average molecular weight is 1030 g/mol. The van der Waals surface area contributed by atoms with Crippen molar-refractivity contribution >= 4 is 5.91 Å². The molecule has 1 saturated heterocycles. The fourth-order valence-corrected chi connectivity index (χ4v) is 8.62. The lowest BCUT2D eigenvalue weighted by Crippen LogP contribution is -2.60. The fourth-order valence-electron chi connectivity index (χ4n) is 8.62. The van der Waals surface area contributed by atoms with Crippen LogP contribution in [0, 0.1) is 0 Å². The summed E-state index contributed by atoms with van der Waals surface area (Å²) in [4.78, 5) is 13.1. The normalized spacial score (nSPS) is 19.9. The van der Waals surface area contributed by atoms with Crippen molar-refractivity contribution < 1.29 is 39.8 Å². The lowest BCUT2D eigenvalue weighted by molar-refractivity contribution is -0.302. The Morgan fingerprint density at radius 3 is 1.24 bits per heavy atom. The van der Waals surface area contributed by atoms with Crippen LogP contribution in [-0.4, -0.2) is 87.5 Å². The molecule has 0 aromatic heterocycles. The summed E-state index contributed by atoms with van der Waals surface area (Å²) in [5.41, 5.74) is 0. The monoisotopic (exact) mass is 1030 g/mol. The Morgan fingerprint density at radius 1 is 0.473 bits per heavy atom. The summed E-state index contributed by atoms with van der Waals surface area (Å²) in [7, 11) is 0. The van der Waals surface area contributed by atoms with Crippen LogP contribution in [0.2, 0.25) is 0 Å². The molecule has 9 heteroatoms. The first kappa shape index (κ1) is 68.6. The van der Waals surface area contributed by atoms with E-state index in [4.69, 9.17) is 9.47 Å². The van der Waals surface area contributed by atoms with Crippen LogP contribution in [0.25, 0.3) is 0 Å². The van der Waals surface area contributed by atoms with E-state index in [2.05, 4.69) is 129 Å². The minimum atomic E-state index is -1.58. The quantitative estimate of drug-likeness (QED) is 0.0261. The number of carbonyl (C=O) groups excluding carboxylic acids is 1. The molecule has 422 valence electrons. The first-order chi connectivity index (χ1) is 36.3. The summed E-state index contributed by atoms with van der Waals surface area (Å²) in [6.45, 7) is 3.65. The molecule has 1 rings (SSSR count). The van der Waals surface area contributed by atoms with Crippen LogP contribution in [0.5, 0.6) is 0 Å². The molecule has 7 atom stereocenters. The van der Waals surface area contributed by atoms with Gasteiger partial charge in [-0.1, -0.05) is 251 Å². The molecule has 1 heterocycles. The maximum absolute atomic E-state index is 13.1. The number of aliphatic hydroxyl groups excluding tert-OH is 5. The van der Waals surface area contributed by atoms with E-state index < -0.39 is 49.5 Å². The third-order valence-corrected chi connectivity index (χ3v) is 13.3. The zero-order valence-corrected chi connectivity index (χ0v) is 46.8. The van der Waals surface area contributed by atoms with Crippen molar-refractivity contribution in [1.82, 2.24) is 5.32 Å². The Kier molecular flexibility index (Phi) is 49.1. The summed E-state index contributed by atoms with van der Waals surface area (Å²) in [5, 5.41) is 54.5. The molecule has 7 unspecified atom stereocenters. The summed E-state index contributed by atoms with van der Waals surface area (Å²) < 4.78 is 11.3. The van der Waals surface area contributed by atoms with Crippen molar-refractivity contribution in [3.05, 3.63) is 122 Å². The summed E-state index contributed by atoms with van der Waals surface area (Å²) in [5.74, 6) is -0.193. The van der Waals surface area contributed by atoms with Gasteiger partial charge in [-0.3, -0.25) is 4.79 Å². The van der Waals surface area contributed by atoms with Gasteiger partial charge in [0, 0.05) is 6.42 Å². The van der Waals surface area contributed by atoms with Crippen LogP contribution < -0.4 is 5.32 Å². The third kappa shape index (κ3) is 41.8. The van der Waals surface area contributed by atoms with Gasteiger partial charge in [-0.25, -0.2) is 0 Å². The van der Waals surface area contributed by atoms with Crippen molar-refractivity contribution in [3.8, 4) is 0 Å². The molecule has 0 spiro atoms. The highest BCUT2D eigenvalue weighted by Crippen LogP contribution is 2.23. The minimum absolute atomic E-state index is 0.193. The van der Waals surface area contributed by atoms with E-state index in [1.807, 2.05) is 6.08 Å². The predicted octanol–water partition coefficient (Wildman–Crippen LogP) is 15.1. The standard InChI is InChI=1S/C65H109NO8/c1-3-5-7-9-11-13-15-17-19-21-22-23-24-25-26-27-28-29-30-31-32-33-34-35-36-37-38-39-41-43-45-47-49-51-53-55-61(69)66-58(57-73-65-64(72)63(71)62(70)60(56-67)74-65)59(68)54-52-50-48-46-44-42-40-20-18-16-14-12-10-8-6-4-2/h5,7,11,13,17,19,22-23,25-26,28-29,31-32,34-35,37-38,52,54,58-60,62-65,67-68,70-72H,3-4,6,8-10,12,14-16,18,20-21,24,27,30,33,36,39-51,53,55-57H2,1-2H3,(H,66,69)/b7-5-,13-11-,19-17-,23-22-,26-25-,29-28-,32-31-,35-34-,38-37-,54-52+. The average Bonchev–Trinajstić information content (AvgIpc) is 3.40. The molecular formula is C65H109NO8. The second-order valence-electron chi connectivity index (χ2n) is 20.1. The van der Waals surface area contributed by atoms with Crippen molar-refractivity contribution in [2.24, 2.45) is 0 Å². The minimum Gasteiger partial charge on any atom is -0.394 e. The number of unbranched alkanes of at least 4 members (excludes halogenated alkanes) is 21. The zero-order valence-electron chi connectivity index (χ0n) is 46.8. The largest absolute Gasteiger partial charge is 0.394 e. The van der Waals surface area contributed by atoms with Crippen molar-refractivity contribution in [1.29, 1.82) is 0 Å². The molecule has 1 aliphatic heterocycles. The highest BCUT2D eigenvalue weighted by atomic mass is 16.7. The molecular weight excluding hydrogens is 923 g/mol. The Hall–Kier alpha value is -3.41. The van der Waals surface area contributed by atoms with Crippen LogP contribution in [-0.2, 0) is 14.3 Å². The Labute approximate surface area is 452 Å². The van der Waals surface area contributed by atoms with Crippen LogP contribution in [0.15, 0.2) is 122 Å². The molecule has 0 bridgehead atoms. The van der Waals surface area contributed by atoms with E-state index >= 15 is 0 Å². The van der Waals surface area contributed by atoms with E-state index in [1.165, 1.54) is 96.3 Å². The molecule has 0 saturated carbocycles. The Morgan fingerprint density at radius 2 is 0.838 bits per heavy atom. The molecule has 1 amide bonds.